The van der Waals surface area contributed by atoms with E-state index in [-0.39, 0.29) is 22.7 Å². The van der Waals surface area contributed by atoms with Gasteiger partial charge in [-0.15, -0.1) is 0 Å². The summed E-state index contributed by atoms with van der Waals surface area (Å²) in [6.07, 6.45) is -4.84. The SMILES string of the molecule is COc1c([C@@H]2[C@@H](c3cc(-c4ccnc(C(N)=O)c4)on3)O[C@](C)(C(F)(F)F)[C@@H]2C)ccc(F)c1F. The van der Waals surface area contributed by atoms with Gasteiger partial charge in [0.1, 0.15) is 17.5 Å². The van der Waals surface area contributed by atoms with Crippen LogP contribution >= 0.6 is 0 Å². The molecule has 0 unspecified atom stereocenters. The number of pyridine rings is 1. The first-order valence-corrected chi connectivity index (χ1v) is 10.4. The van der Waals surface area contributed by atoms with Gasteiger partial charge in [-0.25, -0.2) is 4.39 Å². The molecule has 3 aromatic rings. The van der Waals surface area contributed by atoms with Crippen LogP contribution < -0.4 is 10.5 Å². The third-order valence-corrected chi connectivity index (χ3v) is 6.43. The molecule has 1 aliphatic rings. The molecule has 1 amide bonds. The van der Waals surface area contributed by atoms with Gasteiger partial charge in [0.2, 0.25) is 5.82 Å². The van der Waals surface area contributed by atoms with E-state index in [1.54, 1.807) is 0 Å². The standard InChI is InChI=1S/C23H20F5N3O4/c1-10-17(12-4-5-13(24)18(25)19(12)33-3)20(34-22(10,2)23(26,27)28)14-9-16(35-31-14)11-6-7-30-15(8-11)21(29)32/h4-10,17,20H,1-3H3,(H2,29,32)/t10-,17-,20-,22+/m1/s1. The third-order valence-electron chi connectivity index (χ3n) is 6.43. The van der Waals surface area contributed by atoms with E-state index in [9.17, 15) is 26.7 Å². The van der Waals surface area contributed by atoms with Crippen LogP contribution in [0, 0.1) is 17.6 Å². The number of carbonyl (C=O) groups excluding carboxylic acids is 1. The summed E-state index contributed by atoms with van der Waals surface area (Å²) in [5.74, 6) is -6.13. The zero-order valence-electron chi connectivity index (χ0n) is 18.7. The Balaban J connectivity index is 1.83. The van der Waals surface area contributed by atoms with Gasteiger partial charge in [0, 0.05) is 35.2 Å². The molecule has 1 aliphatic heterocycles. The molecule has 0 aliphatic carbocycles. The van der Waals surface area contributed by atoms with E-state index in [1.807, 2.05) is 0 Å². The summed E-state index contributed by atoms with van der Waals surface area (Å²) in [5.41, 5.74) is 2.85. The lowest BCUT2D eigenvalue weighted by atomic mass is 9.76. The summed E-state index contributed by atoms with van der Waals surface area (Å²) in [4.78, 5) is 15.3. The highest BCUT2D eigenvalue weighted by molar-refractivity contribution is 5.91. The fraction of sp³-hybridized carbons (Fsp3) is 0.348. The molecule has 7 nitrogen and oxygen atoms in total. The van der Waals surface area contributed by atoms with Crippen molar-refractivity contribution in [3.05, 3.63) is 65.1 Å². The van der Waals surface area contributed by atoms with Crippen molar-refractivity contribution in [2.75, 3.05) is 7.11 Å². The number of halogens is 5. The van der Waals surface area contributed by atoms with Crippen LogP contribution in [0.4, 0.5) is 22.0 Å². The van der Waals surface area contributed by atoms with Crippen LogP contribution in [-0.2, 0) is 4.74 Å². The quantitative estimate of drug-likeness (QED) is 0.502. The molecule has 186 valence electrons. The van der Waals surface area contributed by atoms with Gasteiger partial charge in [0.15, 0.2) is 22.9 Å². The van der Waals surface area contributed by atoms with Crippen molar-refractivity contribution in [1.29, 1.82) is 0 Å². The van der Waals surface area contributed by atoms with Crippen molar-refractivity contribution < 1.29 is 40.7 Å². The highest BCUT2D eigenvalue weighted by Gasteiger charge is 2.65. The van der Waals surface area contributed by atoms with Gasteiger partial charge in [0.25, 0.3) is 5.91 Å². The summed E-state index contributed by atoms with van der Waals surface area (Å²) < 4.78 is 86.5. The second kappa shape index (κ2) is 8.59. The number of alkyl halides is 3. The first-order chi connectivity index (χ1) is 16.4. The molecule has 0 radical (unpaired) electrons. The van der Waals surface area contributed by atoms with Crippen LogP contribution in [0.5, 0.6) is 5.75 Å². The Bertz CT molecular complexity index is 1280. The molecule has 2 N–H and O–H groups in total. The van der Waals surface area contributed by atoms with E-state index in [2.05, 4.69) is 10.1 Å². The average molecular weight is 497 g/mol. The van der Waals surface area contributed by atoms with E-state index in [0.29, 0.717) is 5.56 Å². The number of methoxy groups -OCH3 is 1. The molecule has 4 rings (SSSR count). The van der Waals surface area contributed by atoms with Crippen molar-refractivity contribution in [1.82, 2.24) is 10.1 Å². The molecule has 0 bridgehead atoms. The van der Waals surface area contributed by atoms with Crippen molar-refractivity contribution in [2.45, 2.75) is 37.6 Å². The van der Waals surface area contributed by atoms with E-state index < -0.39 is 53.0 Å². The third kappa shape index (κ3) is 4.01. The lowest BCUT2D eigenvalue weighted by Gasteiger charge is -2.32. The highest BCUT2D eigenvalue weighted by Crippen LogP contribution is 2.59. The lowest BCUT2D eigenvalue weighted by molar-refractivity contribution is -0.275. The Hall–Kier alpha value is -3.54. The monoisotopic (exact) mass is 497 g/mol. The van der Waals surface area contributed by atoms with Gasteiger partial charge in [-0.3, -0.25) is 9.78 Å². The van der Waals surface area contributed by atoms with Gasteiger partial charge in [-0.1, -0.05) is 18.1 Å². The maximum absolute atomic E-state index is 14.5. The normalized spacial score (nSPS) is 24.5. The van der Waals surface area contributed by atoms with Crippen LogP contribution in [0.15, 0.2) is 41.1 Å². The number of rotatable bonds is 5. The number of ether oxygens (including phenoxy) is 2. The smallest absolute Gasteiger partial charge is 0.417 e. The minimum absolute atomic E-state index is 0.0126. The molecule has 2 aromatic heterocycles. The summed E-state index contributed by atoms with van der Waals surface area (Å²) in [5, 5.41) is 3.89. The maximum atomic E-state index is 14.5. The van der Waals surface area contributed by atoms with Crippen LogP contribution in [0.3, 0.4) is 0 Å². The molecule has 0 spiro atoms. The minimum atomic E-state index is -4.79. The molecule has 4 atom stereocenters. The maximum Gasteiger partial charge on any atom is 0.417 e. The Morgan fingerprint density at radius 2 is 1.91 bits per heavy atom. The number of nitrogens with two attached hydrogens (primary N) is 1. The first kappa shape index (κ1) is 24.6. The van der Waals surface area contributed by atoms with Crippen molar-refractivity contribution in [3.63, 3.8) is 0 Å². The summed E-state index contributed by atoms with van der Waals surface area (Å²) in [7, 11) is 1.09. The number of carbonyl (C=O) groups is 1. The number of nitrogens with zero attached hydrogens (tertiary/aromatic N) is 2. The topological polar surface area (TPSA) is 100 Å². The molecule has 35 heavy (non-hydrogen) atoms. The minimum Gasteiger partial charge on any atom is -0.493 e. The summed E-state index contributed by atoms with van der Waals surface area (Å²) >= 11 is 0. The van der Waals surface area contributed by atoms with Crippen molar-refractivity contribution in [3.8, 4) is 17.1 Å². The number of hydrogen-bond donors (Lipinski definition) is 1. The summed E-state index contributed by atoms with van der Waals surface area (Å²) in [6, 6.07) is 6.15. The zero-order valence-corrected chi connectivity index (χ0v) is 18.7. The lowest BCUT2D eigenvalue weighted by Crippen LogP contribution is -2.46. The molecular formula is C23H20F5N3O4. The van der Waals surface area contributed by atoms with Gasteiger partial charge in [0.05, 0.1) is 7.11 Å². The van der Waals surface area contributed by atoms with E-state index >= 15 is 0 Å². The predicted octanol–water partition coefficient (Wildman–Crippen LogP) is 4.93. The Morgan fingerprint density at radius 3 is 2.54 bits per heavy atom. The highest BCUT2D eigenvalue weighted by atomic mass is 19.4. The van der Waals surface area contributed by atoms with Crippen LogP contribution in [0.25, 0.3) is 11.3 Å². The fourth-order valence-corrected chi connectivity index (χ4v) is 4.35. The second-order valence-corrected chi connectivity index (χ2v) is 8.35. The van der Waals surface area contributed by atoms with Gasteiger partial charge < -0.3 is 19.7 Å². The van der Waals surface area contributed by atoms with Gasteiger partial charge in [-0.2, -0.15) is 17.6 Å². The molecule has 1 saturated heterocycles. The Morgan fingerprint density at radius 1 is 1.20 bits per heavy atom. The molecule has 12 heteroatoms. The number of primary amides is 1. The van der Waals surface area contributed by atoms with Crippen molar-refractivity contribution >= 4 is 5.91 Å². The molecule has 1 aromatic carbocycles. The van der Waals surface area contributed by atoms with E-state index in [4.69, 9.17) is 19.7 Å². The Kier molecular flexibility index (Phi) is 6.04. The first-order valence-electron chi connectivity index (χ1n) is 10.4. The number of benzene rings is 1. The van der Waals surface area contributed by atoms with E-state index in [0.717, 1.165) is 20.1 Å². The van der Waals surface area contributed by atoms with Gasteiger partial charge >= 0.3 is 6.18 Å². The Labute approximate surface area is 196 Å². The van der Waals surface area contributed by atoms with Crippen molar-refractivity contribution in [2.24, 2.45) is 11.7 Å². The largest absolute Gasteiger partial charge is 0.493 e. The molecule has 3 heterocycles. The van der Waals surface area contributed by atoms with Crippen LogP contribution in [-0.4, -0.2) is 34.9 Å². The zero-order chi connectivity index (χ0) is 25.7. The number of amides is 1. The molecule has 0 saturated carbocycles. The van der Waals surface area contributed by atoms with Crippen LogP contribution in [0.2, 0.25) is 0 Å². The number of aromatic nitrogens is 2. The second-order valence-electron chi connectivity index (χ2n) is 8.35. The number of hydrogen-bond acceptors (Lipinski definition) is 6. The molecule has 1 fully saturated rings. The average Bonchev–Trinajstić information content (AvgIpc) is 3.39. The van der Waals surface area contributed by atoms with Gasteiger partial charge in [-0.05, 0) is 25.1 Å². The van der Waals surface area contributed by atoms with Crippen LogP contribution in [0.1, 0.15) is 47.6 Å². The molecular weight excluding hydrogens is 477 g/mol. The predicted molar refractivity (Wildman–Crippen MR) is 111 cm³/mol. The van der Waals surface area contributed by atoms with E-state index in [1.165, 1.54) is 37.4 Å². The summed E-state index contributed by atoms with van der Waals surface area (Å²) in [6.45, 7) is 2.20. The fourth-order valence-electron chi connectivity index (χ4n) is 4.35.